The quantitative estimate of drug-likeness (QED) is 0.126. The van der Waals surface area contributed by atoms with Gasteiger partial charge in [0.25, 0.3) is 15.6 Å². The Morgan fingerprint density at radius 3 is 1.78 bits per heavy atom. The second-order valence-electron chi connectivity index (χ2n) is 9.09. The van der Waals surface area contributed by atoms with E-state index in [0.717, 1.165) is 0 Å². The molecule has 0 saturated carbocycles. The maximum absolute atomic E-state index is 12.9. The Hall–Kier alpha value is -3.29. The molecule has 2 aromatic rings. The molecule has 0 saturated heterocycles. The third-order valence-electron chi connectivity index (χ3n) is 4.04. The van der Waals surface area contributed by atoms with E-state index in [4.69, 9.17) is 9.47 Å². The normalized spacial score (nSPS) is 11.9. The zero-order valence-electron chi connectivity index (χ0n) is 18.9. The Kier molecular flexibility index (Phi) is 7.07. The number of rotatable bonds is 5. The molecular formula is C23H26N2O6S. The van der Waals surface area contributed by atoms with Gasteiger partial charge in [0.1, 0.15) is 17.1 Å². The van der Waals surface area contributed by atoms with Crippen molar-refractivity contribution in [3.8, 4) is 11.5 Å². The highest BCUT2D eigenvalue weighted by molar-refractivity contribution is 8.08. The van der Waals surface area contributed by atoms with Crippen molar-refractivity contribution >= 4 is 26.6 Å². The molecule has 0 heterocycles. The standard InChI is InChI=1S/C23H26N2O6S/c1-22(2,3)21(27)30-16-11-13-18(14-12-16)32(28,29)20(25-24)19(26)15-7-9-17(10-8-15)31-23(4,5)6/h7-14H,1-6H3. The Labute approximate surface area is 187 Å². The van der Waals surface area contributed by atoms with E-state index in [1.807, 2.05) is 20.8 Å². The minimum absolute atomic E-state index is 0.0124. The molecule has 0 bridgehead atoms. The van der Waals surface area contributed by atoms with Crippen LogP contribution in [0.1, 0.15) is 51.9 Å². The lowest BCUT2D eigenvalue weighted by Gasteiger charge is -2.21. The van der Waals surface area contributed by atoms with Crippen molar-refractivity contribution in [2.24, 2.45) is 5.41 Å². The molecule has 0 aliphatic heterocycles. The summed E-state index contributed by atoms with van der Waals surface area (Å²) >= 11 is 0. The van der Waals surface area contributed by atoms with Crippen LogP contribution in [0.3, 0.4) is 0 Å². The van der Waals surface area contributed by atoms with Crippen molar-refractivity contribution in [2.75, 3.05) is 0 Å². The van der Waals surface area contributed by atoms with Crippen LogP contribution in [-0.4, -0.2) is 35.6 Å². The summed E-state index contributed by atoms with van der Waals surface area (Å²) < 4.78 is 36.6. The van der Waals surface area contributed by atoms with E-state index in [2.05, 4.69) is 4.79 Å². The lowest BCUT2D eigenvalue weighted by atomic mass is 9.97. The van der Waals surface area contributed by atoms with Gasteiger partial charge in [0.15, 0.2) is 0 Å². The van der Waals surface area contributed by atoms with Crippen LogP contribution in [-0.2, 0) is 14.6 Å². The molecule has 170 valence electrons. The minimum Gasteiger partial charge on any atom is -0.488 e. The molecule has 0 amide bonds. The number of ketones is 1. The van der Waals surface area contributed by atoms with Gasteiger partial charge in [0.05, 0.1) is 10.3 Å². The molecule has 32 heavy (non-hydrogen) atoms. The molecule has 0 N–H and O–H groups in total. The topological polar surface area (TPSA) is 123 Å². The van der Waals surface area contributed by atoms with Crippen LogP contribution in [0.15, 0.2) is 53.4 Å². The van der Waals surface area contributed by atoms with Gasteiger partial charge in [-0.1, -0.05) is 0 Å². The van der Waals surface area contributed by atoms with Crippen molar-refractivity contribution in [3.63, 3.8) is 0 Å². The first-order chi connectivity index (χ1) is 14.6. The third-order valence-corrected chi connectivity index (χ3v) is 5.71. The number of ether oxygens (including phenoxy) is 2. The molecule has 0 radical (unpaired) electrons. The van der Waals surface area contributed by atoms with E-state index in [1.54, 1.807) is 20.8 Å². The second kappa shape index (κ2) is 9.06. The molecule has 0 atom stereocenters. The number of carbonyl (C=O) groups excluding carboxylic acids is 2. The van der Waals surface area contributed by atoms with Gasteiger partial charge in [-0.25, -0.2) is 8.42 Å². The molecule has 0 spiro atoms. The zero-order valence-corrected chi connectivity index (χ0v) is 19.7. The highest BCUT2D eigenvalue weighted by Crippen LogP contribution is 2.23. The Bertz CT molecular complexity index is 1160. The first-order valence-electron chi connectivity index (χ1n) is 9.78. The second-order valence-corrected chi connectivity index (χ2v) is 11.0. The summed E-state index contributed by atoms with van der Waals surface area (Å²) in [4.78, 5) is 27.2. The van der Waals surface area contributed by atoms with E-state index < -0.39 is 37.6 Å². The first-order valence-corrected chi connectivity index (χ1v) is 11.3. The fourth-order valence-corrected chi connectivity index (χ4v) is 3.62. The maximum Gasteiger partial charge on any atom is 0.456 e. The molecule has 0 unspecified atom stereocenters. The van der Waals surface area contributed by atoms with Gasteiger partial charge in [-0.15, -0.1) is 4.79 Å². The van der Waals surface area contributed by atoms with E-state index in [9.17, 15) is 23.5 Å². The molecule has 0 aliphatic carbocycles. The maximum atomic E-state index is 12.9. The van der Waals surface area contributed by atoms with Gasteiger partial charge in [0.2, 0.25) is 0 Å². The Morgan fingerprint density at radius 1 is 0.844 bits per heavy atom. The smallest absolute Gasteiger partial charge is 0.456 e. The van der Waals surface area contributed by atoms with Crippen LogP contribution in [0.4, 0.5) is 0 Å². The molecule has 9 heteroatoms. The number of nitrogens with zero attached hydrogens (tertiary/aromatic N) is 2. The van der Waals surface area contributed by atoms with Gasteiger partial charge < -0.3 is 15.0 Å². The fourth-order valence-electron chi connectivity index (χ4n) is 2.43. The third kappa shape index (κ3) is 6.12. The summed E-state index contributed by atoms with van der Waals surface area (Å²) in [6.07, 6.45) is 0. The number of benzene rings is 2. The first kappa shape index (κ1) is 25.0. The van der Waals surface area contributed by atoms with Crippen molar-refractivity contribution < 1.29 is 32.3 Å². The minimum atomic E-state index is -4.43. The van der Waals surface area contributed by atoms with Gasteiger partial charge in [0, 0.05) is 5.56 Å². The van der Waals surface area contributed by atoms with Crippen LogP contribution in [0.2, 0.25) is 0 Å². The van der Waals surface area contributed by atoms with Crippen LogP contribution in [0, 0.1) is 5.41 Å². The van der Waals surface area contributed by atoms with Crippen molar-refractivity contribution in [3.05, 3.63) is 59.6 Å². The number of hydrogen-bond donors (Lipinski definition) is 0. The molecule has 0 fully saturated rings. The lowest BCUT2D eigenvalue weighted by molar-refractivity contribution is -0.143. The number of sulfone groups is 1. The highest BCUT2D eigenvalue weighted by atomic mass is 32.2. The van der Waals surface area contributed by atoms with Crippen LogP contribution >= 0.6 is 0 Å². The Morgan fingerprint density at radius 2 is 1.34 bits per heavy atom. The number of carbonyl (C=O) groups is 2. The van der Waals surface area contributed by atoms with Crippen LogP contribution in [0.5, 0.6) is 11.5 Å². The highest BCUT2D eigenvalue weighted by Gasteiger charge is 2.38. The number of Topliss-reactive ketones (excluding diaryl/α,β-unsaturated/α-hetero) is 1. The average Bonchev–Trinajstić information content (AvgIpc) is 2.67. The summed E-state index contributed by atoms with van der Waals surface area (Å²) in [6, 6.07) is 10.7. The Balaban J connectivity index is 2.27. The molecule has 0 aliphatic rings. The van der Waals surface area contributed by atoms with Gasteiger partial charge >= 0.3 is 11.0 Å². The SMILES string of the molecule is CC(C)(C)Oc1ccc(C(=O)C(=[N+]=[N-])S(=O)(=O)c2ccc(OC(=O)C(C)(C)C)cc2)cc1. The number of esters is 1. The van der Waals surface area contributed by atoms with E-state index >= 15 is 0 Å². The van der Waals surface area contributed by atoms with Crippen LogP contribution in [0.25, 0.3) is 5.53 Å². The van der Waals surface area contributed by atoms with Crippen molar-refractivity contribution in [2.45, 2.75) is 52.0 Å². The summed E-state index contributed by atoms with van der Waals surface area (Å²) in [7, 11) is -4.43. The molecule has 8 nitrogen and oxygen atoms in total. The molecule has 0 aromatic heterocycles. The van der Waals surface area contributed by atoms with Crippen molar-refractivity contribution in [1.29, 1.82) is 0 Å². The predicted octanol–water partition coefficient (Wildman–Crippen LogP) is 4.10. The summed E-state index contributed by atoms with van der Waals surface area (Å²) in [6.45, 7) is 10.7. The van der Waals surface area contributed by atoms with Gasteiger partial charge in [-0.2, -0.15) is 0 Å². The molecule has 2 rings (SSSR count). The van der Waals surface area contributed by atoms with Crippen molar-refractivity contribution in [1.82, 2.24) is 0 Å². The van der Waals surface area contributed by atoms with Crippen LogP contribution < -0.4 is 9.47 Å². The zero-order chi connectivity index (χ0) is 24.3. The van der Waals surface area contributed by atoms with Gasteiger partial charge in [-0.3, -0.25) is 9.59 Å². The summed E-state index contributed by atoms with van der Waals surface area (Å²) in [5, 5.41) is -1.03. The molecule has 2 aromatic carbocycles. The lowest BCUT2D eigenvalue weighted by Crippen LogP contribution is -2.26. The van der Waals surface area contributed by atoms with E-state index in [-0.39, 0.29) is 16.2 Å². The summed E-state index contributed by atoms with van der Waals surface area (Å²) in [5.74, 6) is -0.815. The average molecular weight is 459 g/mol. The fraction of sp³-hybridized carbons (Fsp3) is 0.348. The number of hydrogen-bond acceptors (Lipinski definition) is 6. The largest absolute Gasteiger partial charge is 0.488 e. The van der Waals surface area contributed by atoms with E-state index in [0.29, 0.717) is 5.75 Å². The van der Waals surface area contributed by atoms with E-state index in [1.165, 1.54) is 48.5 Å². The predicted molar refractivity (Wildman–Crippen MR) is 118 cm³/mol. The van der Waals surface area contributed by atoms with Gasteiger partial charge in [-0.05, 0) is 90.1 Å². The monoisotopic (exact) mass is 458 g/mol. The summed E-state index contributed by atoms with van der Waals surface area (Å²) in [5.41, 5.74) is 8.15. The molecular weight excluding hydrogens is 432 g/mol.